The minimum Gasteiger partial charge on any atom is -0.465 e. The first-order valence-electron chi connectivity index (χ1n) is 7.35. The zero-order valence-electron chi connectivity index (χ0n) is 12.8. The summed E-state index contributed by atoms with van der Waals surface area (Å²) in [5, 5.41) is 8.87. The van der Waals surface area contributed by atoms with Crippen molar-refractivity contribution in [2.75, 3.05) is 27.2 Å². The second-order valence-corrected chi connectivity index (χ2v) is 5.67. The molecule has 1 fully saturated rings. The molecule has 1 aliphatic rings. The van der Waals surface area contributed by atoms with E-state index in [-0.39, 0.29) is 0 Å². The van der Waals surface area contributed by atoms with Gasteiger partial charge in [0.2, 0.25) is 0 Å². The third-order valence-corrected chi connectivity index (χ3v) is 4.04. The number of carboxylic acid groups (broad SMARTS) is 1. The highest BCUT2D eigenvalue weighted by atomic mass is 16.5. The molecule has 5 nitrogen and oxygen atoms in total. The zero-order chi connectivity index (χ0) is 15.2. The van der Waals surface area contributed by atoms with Crippen LogP contribution in [0.4, 0.5) is 4.79 Å². The number of carbonyl (C=O) groups is 1. The van der Waals surface area contributed by atoms with Gasteiger partial charge in [0.1, 0.15) is 0 Å². The second-order valence-electron chi connectivity index (χ2n) is 5.67. The molecule has 1 N–H and O–H groups in total. The third-order valence-electron chi connectivity index (χ3n) is 4.04. The number of hydrogen-bond acceptors (Lipinski definition) is 3. The van der Waals surface area contributed by atoms with Crippen molar-refractivity contribution in [2.24, 2.45) is 0 Å². The Morgan fingerprint density at radius 3 is 2.38 bits per heavy atom. The van der Waals surface area contributed by atoms with Crippen LogP contribution in [-0.4, -0.2) is 54.4 Å². The summed E-state index contributed by atoms with van der Waals surface area (Å²) in [6, 6.07) is 8.20. The lowest BCUT2D eigenvalue weighted by molar-refractivity contribution is 0.0388. The monoisotopic (exact) mass is 292 g/mol. The third kappa shape index (κ3) is 4.72. The maximum absolute atomic E-state index is 10.8. The van der Waals surface area contributed by atoms with Crippen LogP contribution in [0.5, 0.6) is 0 Å². The van der Waals surface area contributed by atoms with Crippen molar-refractivity contribution in [1.29, 1.82) is 0 Å². The molecule has 0 aliphatic carbocycles. The van der Waals surface area contributed by atoms with Crippen molar-refractivity contribution in [3.63, 3.8) is 0 Å². The van der Waals surface area contributed by atoms with Gasteiger partial charge < -0.3 is 14.7 Å². The average Bonchev–Trinajstić information content (AvgIpc) is 2.50. The Bertz CT molecular complexity index is 453. The van der Waals surface area contributed by atoms with E-state index in [2.05, 4.69) is 17.0 Å². The standard InChI is InChI=1S/C16H24N2O3/c1-17(16(19)20)11-13-3-5-14(6-4-13)12-18-9-7-15(21-2)8-10-18/h3-6,15H,7-12H2,1-2H3,(H,19,20). The quantitative estimate of drug-likeness (QED) is 0.905. The summed E-state index contributed by atoms with van der Waals surface area (Å²) in [6.07, 6.45) is 1.70. The van der Waals surface area contributed by atoms with E-state index in [4.69, 9.17) is 9.84 Å². The molecule has 1 amide bonds. The highest BCUT2D eigenvalue weighted by Crippen LogP contribution is 2.16. The van der Waals surface area contributed by atoms with E-state index < -0.39 is 6.09 Å². The van der Waals surface area contributed by atoms with Gasteiger partial charge in [0.15, 0.2) is 0 Å². The Morgan fingerprint density at radius 2 is 1.86 bits per heavy atom. The van der Waals surface area contributed by atoms with Crippen LogP contribution in [0.1, 0.15) is 24.0 Å². The van der Waals surface area contributed by atoms with Gasteiger partial charge in [-0.1, -0.05) is 24.3 Å². The van der Waals surface area contributed by atoms with E-state index in [1.165, 1.54) is 10.5 Å². The summed E-state index contributed by atoms with van der Waals surface area (Å²) in [7, 11) is 3.36. The van der Waals surface area contributed by atoms with Gasteiger partial charge in [-0.3, -0.25) is 4.90 Å². The number of rotatable bonds is 5. The molecule has 0 bridgehead atoms. The molecule has 116 valence electrons. The summed E-state index contributed by atoms with van der Waals surface area (Å²) in [5.74, 6) is 0. The molecule has 5 heteroatoms. The van der Waals surface area contributed by atoms with Gasteiger partial charge in [0.05, 0.1) is 6.10 Å². The minimum absolute atomic E-state index is 0.412. The van der Waals surface area contributed by atoms with Crippen LogP contribution >= 0.6 is 0 Å². The largest absolute Gasteiger partial charge is 0.465 e. The number of methoxy groups -OCH3 is 1. The van der Waals surface area contributed by atoms with Crippen LogP contribution in [0.3, 0.4) is 0 Å². The van der Waals surface area contributed by atoms with Gasteiger partial charge >= 0.3 is 6.09 Å². The van der Waals surface area contributed by atoms with E-state index in [0.717, 1.165) is 38.0 Å². The van der Waals surface area contributed by atoms with E-state index in [9.17, 15) is 4.79 Å². The summed E-state index contributed by atoms with van der Waals surface area (Å²) >= 11 is 0. The molecule has 0 atom stereocenters. The van der Waals surface area contributed by atoms with Crippen molar-refractivity contribution in [3.8, 4) is 0 Å². The van der Waals surface area contributed by atoms with Crippen LogP contribution in [0, 0.1) is 0 Å². The lowest BCUT2D eigenvalue weighted by Gasteiger charge is -2.31. The van der Waals surface area contributed by atoms with E-state index >= 15 is 0 Å². The normalized spacial score (nSPS) is 16.9. The van der Waals surface area contributed by atoms with Gasteiger partial charge in [-0.05, 0) is 24.0 Å². The van der Waals surface area contributed by atoms with Gasteiger partial charge in [0, 0.05) is 40.3 Å². The number of piperidine rings is 1. The topological polar surface area (TPSA) is 53.0 Å². The first kappa shape index (κ1) is 15.8. The fourth-order valence-electron chi connectivity index (χ4n) is 2.65. The molecule has 1 aromatic carbocycles. The maximum Gasteiger partial charge on any atom is 0.407 e. The number of hydrogen-bond donors (Lipinski definition) is 1. The number of nitrogens with zero attached hydrogens (tertiary/aromatic N) is 2. The molecule has 1 aromatic rings. The molecule has 0 radical (unpaired) electrons. The molecular weight excluding hydrogens is 268 g/mol. The number of amides is 1. The number of ether oxygens (including phenoxy) is 1. The van der Waals surface area contributed by atoms with Gasteiger partial charge in [-0.25, -0.2) is 4.79 Å². The van der Waals surface area contributed by atoms with Crippen LogP contribution in [0.25, 0.3) is 0 Å². The fourth-order valence-corrected chi connectivity index (χ4v) is 2.65. The Hall–Kier alpha value is -1.59. The van der Waals surface area contributed by atoms with Gasteiger partial charge in [-0.2, -0.15) is 0 Å². The Balaban J connectivity index is 1.84. The van der Waals surface area contributed by atoms with Crippen LogP contribution in [-0.2, 0) is 17.8 Å². The second kappa shape index (κ2) is 7.43. The maximum atomic E-state index is 10.8. The van der Waals surface area contributed by atoms with E-state index in [1.54, 1.807) is 14.2 Å². The highest BCUT2D eigenvalue weighted by molar-refractivity contribution is 5.64. The fraction of sp³-hybridized carbons (Fsp3) is 0.562. The van der Waals surface area contributed by atoms with E-state index in [1.807, 2.05) is 12.1 Å². The predicted molar refractivity (Wildman–Crippen MR) is 81.2 cm³/mol. The smallest absolute Gasteiger partial charge is 0.407 e. The van der Waals surface area contributed by atoms with Gasteiger partial charge in [0.25, 0.3) is 0 Å². The molecule has 0 unspecified atom stereocenters. The lowest BCUT2D eigenvalue weighted by Crippen LogP contribution is -2.36. The molecular formula is C16H24N2O3. The number of likely N-dealkylation sites (tertiary alicyclic amines) is 1. The SMILES string of the molecule is COC1CCN(Cc2ccc(CN(C)C(=O)O)cc2)CC1. The highest BCUT2D eigenvalue weighted by Gasteiger charge is 2.18. The zero-order valence-corrected chi connectivity index (χ0v) is 12.8. The van der Waals surface area contributed by atoms with Crippen LogP contribution in [0.15, 0.2) is 24.3 Å². The summed E-state index contributed by atoms with van der Waals surface area (Å²) in [6.45, 7) is 3.52. The molecule has 2 rings (SSSR count). The predicted octanol–water partition coefficient (Wildman–Crippen LogP) is 2.41. The molecule has 1 heterocycles. The lowest BCUT2D eigenvalue weighted by atomic mass is 10.1. The van der Waals surface area contributed by atoms with Crippen LogP contribution in [0.2, 0.25) is 0 Å². The molecule has 0 saturated carbocycles. The summed E-state index contributed by atoms with van der Waals surface area (Å²) < 4.78 is 5.38. The van der Waals surface area contributed by atoms with Crippen molar-refractivity contribution >= 4 is 6.09 Å². The van der Waals surface area contributed by atoms with Crippen molar-refractivity contribution in [3.05, 3.63) is 35.4 Å². The Labute approximate surface area is 126 Å². The molecule has 0 spiro atoms. The number of benzene rings is 1. The van der Waals surface area contributed by atoms with E-state index in [0.29, 0.717) is 12.6 Å². The summed E-state index contributed by atoms with van der Waals surface area (Å²) in [5.41, 5.74) is 2.29. The van der Waals surface area contributed by atoms with Crippen molar-refractivity contribution < 1.29 is 14.6 Å². The average molecular weight is 292 g/mol. The van der Waals surface area contributed by atoms with Crippen molar-refractivity contribution in [1.82, 2.24) is 9.80 Å². The van der Waals surface area contributed by atoms with Gasteiger partial charge in [-0.15, -0.1) is 0 Å². The minimum atomic E-state index is -0.903. The van der Waals surface area contributed by atoms with Crippen molar-refractivity contribution in [2.45, 2.75) is 32.0 Å². The Kier molecular flexibility index (Phi) is 5.59. The molecule has 1 saturated heterocycles. The molecule has 21 heavy (non-hydrogen) atoms. The summed E-state index contributed by atoms with van der Waals surface area (Å²) in [4.78, 5) is 14.5. The Morgan fingerprint density at radius 1 is 1.29 bits per heavy atom. The van der Waals surface area contributed by atoms with Crippen LogP contribution < -0.4 is 0 Å². The molecule has 1 aliphatic heterocycles. The first-order chi connectivity index (χ1) is 10.1. The molecule has 0 aromatic heterocycles. The first-order valence-corrected chi connectivity index (χ1v) is 7.35.